The van der Waals surface area contributed by atoms with Crippen molar-refractivity contribution in [2.75, 3.05) is 0 Å². The van der Waals surface area contributed by atoms with Crippen LogP contribution in [0.5, 0.6) is 0 Å². The molecule has 0 saturated heterocycles. The van der Waals surface area contributed by atoms with Gasteiger partial charge in [0.15, 0.2) is 0 Å². The first-order valence-corrected chi connectivity index (χ1v) is 6.29. The Morgan fingerprint density at radius 2 is 2.00 bits per heavy atom. The fraction of sp³-hybridized carbons (Fsp3) is 1.00. The van der Waals surface area contributed by atoms with Crippen molar-refractivity contribution in [2.45, 2.75) is 4.18 Å². The van der Waals surface area contributed by atoms with E-state index in [1.165, 1.54) is 0 Å². The van der Waals surface area contributed by atoms with Gasteiger partial charge in [-0.3, -0.25) is 0 Å². The van der Waals surface area contributed by atoms with Crippen LogP contribution in [0.2, 0.25) is 0 Å². The van der Waals surface area contributed by atoms with Crippen LogP contribution in [0.1, 0.15) is 0 Å². The standard InChI is InChI=1S/CClF3INO3/c2-6(1(3,4)5)10-7(8)9. The molecule has 0 amide bonds. The van der Waals surface area contributed by atoms with Gasteiger partial charge in [0.2, 0.25) is 0 Å². The van der Waals surface area contributed by atoms with E-state index in [2.05, 4.69) is 12.1 Å². The number of hydrogen-bond donors (Lipinski definition) is 0. The van der Waals surface area contributed by atoms with Crippen molar-refractivity contribution in [1.29, 1.82) is 0 Å². The summed E-state index contributed by atoms with van der Waals surface area (Å²) in [6.45, 7) is 0. The van der Waals surface area contributed by atoms with Crippen LogP contribution in [-0.4, -0.2) is 9.27 Å². The van der Waals surface area contributed by atoms with Gasteiger partial charge in [0.25, 0.3) is 0 Å². The van der Waals surface area contributed by atoms with E-state index in [-0.39, 0.29) is 0 Å². The Morgan fingerprint density at radius 1 is 1.60 bits per heavy atom. The predicted octanol–water partition coefficient (Wildman–Crippen LogP) is 2.29. The molecule has 0 radical (unpaired) electrons. The van der Waals surface area contributed by atoms with Gasteiger partial charge in [0.05, 0.1) is 0 Å². The molecule has 0 rings (SSSR count). The predicted molar refractivity (Wildman–Crippen MR) is 34.0 cm³/mol. The normalized spacial score (nSPS) is 12.6. The second-order valence-electron chi connectivity index (χ2n) is 0.928. The van der Waals surface area contributed by atoms with E-state index in [1.807, 2.05) is 0 Å². The number of hydrogen-bond acceptors (Lipinski definition) is 3. The van der Waals surface area contributed by atoms with Gasteiger partial charge in [-0.25, -0.2) is 0 Å². The summed E-state index contributed by atoms with van der Waals surface area (Å²) in [5.74, 6) is 0. The molecule has 0 atom stereocenters. The second kappa shape index (κ2) is 3.42. The van der Waals surface area contributed by atoms with E-state index in [1.54, 1.807) is 0 Å². The molecule has 0 aliphatic rings. The van der Waals surface area contributed by atoms with Crippen LogP contribution < -0.4 is 0 Å². The third-order valence-corrected chi connectivity index (χ3v) is 3.35. The summed E-state index contributed by atoms with van der Waals surface area (Å²) in [7, 11) is 4.52. The Morgan fingerprint density at radius 3 is 2.10 bits per heavy atom. The van der Waals surface area contributed by atoms with Crippen LogP contribution in [0, 0.1) is 10.1 Å². The minimum absolute atomic E-state index is 1.54. The average molecular weight is 293 g/mol. The van der Waals surface area contributed by atoms with Crippen LogP contribution >= 0.6 is 28.0 Å². The molecule has 9 heteroatoms. The van der Waals surface area contributed by atoms with Crippen molar-refractivity contribution in [3.8, 4) is 0 Å². The Kier molecular flexibility index (Phi) is 3.42. The summed E-state index contributed by atoms with van der Waals surface area (Å²) in [5.41, 5.74) is 0. The van der Waals surface area contributed by atoms with E-state index in [9.17, 15) is 23.3 Å². The summed E-state index contributed by atoms with van der Waals surface area (Å²) in [6.07, 6.45) is 0. The summed E-state index contributed by atoms with van der Waals surface area (Å²) in [4.78, 5) is 9.29. The molecule has 0 aromatic rings. The molecule has 4 nitrogen and oxygen atoms in total. The topological polar surface area (TPSA) is 52.4 Å². The molecule has 10 heavy (non-hydrogen) atoms. The van der Waals surface area contributed by atoms with Crippen molar-refractivity contribution in [2.24, 2.45) is 0 Å². The van der Waals surface area contributed by atoms with Gasteiger partial charge in [0, 0.05) is 0 Å². The van der Waals surface area contributed by atoms with Crippen molar-refractivity contribution >= 4 is 28.0 Å². The number of nitrogens with zero attached hydrogens (tertiary/aromatic N) is 1. The Balaban J connectivity index is 3.85. The fourth-order valence-electron chi connectivity index (χ4n) is 0.0886. The van der Waals surface area contributed by atoms with Crippen LogP contribution in [0.4, 0.5) is 13.2 Å². The van der Waals surface area contributed by atoms with Gasteiger partial charge in [-0.1, -0.05) is 0 Å². The quantitative estimate of drug-likeness (QED) is 0.340. The summed E-state index contributed by atoms with van der Waals surface area (Å²) >= 11 is -4.34. The van der Waals surface area contributed by atoms with E-state index in [4.69, 9.17) is 0 Å². The molecule has 0 aromatic carbocycles. The molecule has 0 aliphatic carbocycles. The zero-order chi connectivity index (χ0) is 8.36. The molecule has 62 valence electrons. The second-order valence-corrected chi connectivity index (χ2v) is 5.47. The summed E-state index contributed by atoms with van der Waals surface area (Å²) in [6, 6.07) is 0. The number of alkyl halides is 4. The van der Waals surface area contributed by atoms with Gasteiger partial charge >= 0.3 is 63.7 Å². The van der Waals surface area contributed by atoms with Crippen molar-refractivity contribution in [3.05, 3.63) is 10.1 Å². The maximum atomic E-state index is 11.3. The molecule has 0 heterocycles. The van der Waals surface area contributed by atoms with Crippen LogP contribution in [0.15, 0.2) is 0 Å². The molecule has 0 fully saturated rings. The van der Waals surface area contributed by atoms with E-state index in [0.717, 1.165) is 0 Å². The number of halogens is 5. The molecular formula is CClF3INO3. The zero-order valence-corrected chi connectivity index (χ0v) is 6.98. The number of rotatable bonds is 2. The molecule has 0 unspecified atom stereocenters. The van der Waals surface area contributed by atoms with Crippen molar-refractivity contribution in [3.63, 3.8) is 0 Å². The van der Waals surface area contributed by atoms with Crippen LogP contribution in [0.3, 0.4) is 0 Å². The Bertz CT molecular complexity index is 138. The van der Waals surface area contributed by atoms with Gasteiger partial charge in [0.1, 0.15) is 0 Å². The first-order valence-electron chi connectivity index (χ1n) is 1.60. The fourth-order valence-corrected chi connectivity index (χ4v) is 0.880. The van der Waals surface area contributed by atoms with E-state index >= 15 is 0 Å². The minimum atomic E-state index is -4.75. The zero-order valence-electron chi connectivity index (χ0n) is 4.06. The van der Waals surface area contributed by atoms with Gasteiger partial charge in [-0.05, 0) is 0 Å². The Hall–Kier alpha value is 0.01000. The average Bonchev–Trinajstić information content (AvgIpc) is 1.60. The van der Waals surface area contributed by atoms with Gasteiger partial charge in [-0.2, -0.15) is 0 Å². The monoisotopic (exact) mass is 293 g/mol. The molecule has 0 spiro atoms. The van der Waals surface area contributed by atoms with Crippen molar-refractivity contribution < 1.29 is 21.4 Å². The van der Waals surface area contributed by atoms with Gasteiger partial charge < -0.3 is 0 Å². The molecule has 0 bridgehead atoms. The molecule has 0 saturated carbocycles. The first-order chi connectivity index (χ1) is 4.34. The maximum absolute atomic E-state index is 11.3. The molecule has 0 N–H and O–H groups in total. The third-order valence-electron chi connectivity index (χ3n) is 0.285. The summed E-state index contributed by atoms with van der Waals surface area (Å²) in [5, 5.41) is 7.76. The molecule has 0 aliphatic heterocycles. The van der Waals surface area contributed by atoms with Crippen LogP contribution in [0.25, 0.3) is 0 Å². The van der Waals surface area contributed by atoms with E-state index in [0.29, 0.717) is 0 Å². The summed E-state index contributed by atoms with van der Waals surface area (Å²) < 4.78 is 32.3. The van der Waals surface area contributed by atoms with Crippen LogP contribution in [-0.2, 0) is 3.17 Å². The Labute approximate surface area is 64.0 Å². The molecule has 0 aromatic heterocycles. The van der Waals surface area contributed by atoms with Crippen molar-refractivity contribution in [1.82, 2.24) is 0 Å². The first kappa shape index (κ1) is 10.0. The van der Waals surface area contributed by atoms with E-state index < -0.39 is 28.4 Å². The van der Waals surface area contributed by atoms with Gasteiger partial charge in [-0.15, -0.1) is 0 Å². The SMILES string of the molecule is O=[N+]([O-])OI(Cl)C(F)(F)F. The molecular weight excluding hydrogens is 293 g/mol. The third kappa shape index (κ3) is 3.93.